The van der Waals surface area contributed by atoms with E-state index in [1.807, 2.05) is 0 Å². The minimum atomic E-state index is -0.372. The second kappa shape index (κ2) is 5.31. The molecular formula is C14H16ClFN2O. The molecule has 0 aliphatic heterocycles. The lowest BCUT2D eigenvalue weighted by Crippen LogP contribution is -2.35. The molecule has 2 rings (SSSR count). The van der Waals surface area contributed by atoms with Crippen LogP contribution in [0.25, 0.3) is 11.3 Å². The van der Waals surface area contributed by atoms with Gasteiger partial charge in [-0.15, -0.1) is 0 Å². The minimum absolute atomic E-state index is 0.00658. The number of benzene rings is 1. The van der Waals surface area contributed by atoms with Gasteiger partial charge in [-0.3, -0.25) is 0 Å². The van der Waals surface area contributed by atoms with E-state index in [0.29, 0.717) is 22.9 Å². The van der Waals surface area contributed by atoms with E-state index in [1.54, 1.807) is 12.1 Å². The van der Waals surface area contributed by atoms with E-state index < -0.39 is 0 Å². The zero-order chi connectivity index (χ0) is 14.0. The van der Waals surface area contributed by atoms with Crippen LogP contribution in [0, 0.1) is 5.82 Å². The van der Waals surface area contributed by atoms with Crippen LogP contribution in [-0.4, -0.2) is 10.7 Å². The fraction of sp³-hybridized carbons (Fsp3) is 0.357. The van der Waals surface area contributed by atoms with Crippen molar-refractivity contribution >= 4 is 11.6 Å². The molecule has 0 atom stereocenters. The lowest BCUT2D eigenvalue weighted by atomic mass is 10.1. The zero-order valence-corrected chi connectivity index (χ0v) is 11.9. The molecule has 0 aliphatic rings. The molecule has 0 unspecified atom stereocenters. The normalized spacial score (nSPS) is 11.8. The Hall–Kier alpha value is -1.39. The fourth-order valence-corrected chi connectivity index (χ4v) is 1.83. The molecule has 1 aromatic carbocycles. The number of hydrogen-bond acceptors (Lipinski definition) is 3. The van der Waals surface area contributed by atoms with Gasteiger partial charge in [-0.1, -0.05) is 16.8 Å². The van der Waals surface area contributed by atoms with E-state index in [9.17, 15) is 4.39 Å². The maximum Gasteiger partial charge on any atom is 0.168 e. The summed E-state index contributed by atoms with van der Waals surface area (Å²) in [4.78, 5) is 0. The van der Waals surface area contributed by atoms with Gasteiger partial charge in [-0.05, 0) is 39.0 Å². The molecule has 0 amide bonds. The summed E-state index contributed by atoms with van der Waals surface area (Å²) in [6, 6.07) is 5.99. The Kier molecular flexibility index (Phi) is 3.92. The van der Waals surface area contributed by atoms with E-state index in [0.717, 1.165) is 5.69 Å². The van der Waals surface area contributed by atoms with Crippen molar-refractivity contribution in [2.24, 2.45) is 0 Å². The maximum atomic E-state index is 13.0. The van der Waals surface area contributed by atoms with Crippen molar-refractivity contribution in [3.8, 4) is 11.3 Å². The van der Waals surface area contributed by atoms with Gasteiger partial charge in [-0.25, -0.2) is 4.39 Å². The number of aromatic nitrogens is 1. The predicted molar refractivity (Wildman–Crippen MR) is 73.5 cm³/mol. The largest absolute Gasteiger partial charge is 0.356 e. The molecule has 1 N–H and O–H groups in total. The standard InChI is InChI=1S/C14H16ClFN2O/c1-14(2,3)17-8-10-7-13(19-18-10)11-5-4-9(16)6-12(11)15/h4-7,17H,8H2,1-3H3. The zero-order valence-electron chi connectivity index (χ0n) is 11.1. The number of hydrogen-bond donors (Lipinski definition) is 1. The van der Waals surface area contributed by atoms with Crippen LogP contribution in [0.4, 0.5) is 4.39 Å². The second-order valence-corrected chi connectivity index (χ2v) is 5.82. The third kappa shape index (κ3) is 3.78. The smallest absolute Gasteiger partial charge is 0.168 e. The molecule has 3 nitrogen and oxygen atoms in total. The quantitative estimate of drug-likeness (QED) is 0.924. The first-order chi connectivity index (χ1) is 8.85. The Balaban J connectivity index is 2.16. The van der Waals surface area contributed by atoms with Gasteiger partial charge in [0.15, 0.2) is 5.76 Å². The molecular weight excluding hydrogens is 267 g/mol. The lowest BCUT2D eigenvalue weighted by molar-refractivity contribution is 0.392. The molecule has 0 bridgehead atoms. The van der Waals surface area contributed by atoms with Crippen molar-refractivity contribution < 1.29 is 8.91 Å². The van der Waals surface area contributed by atoms with E-state index in [-0.39, 0.29) is 11.4 Å². The predicted octanol–water partition coefficient (Wildman–Crippen LogP) is 4.02. The highest BCUT2D eigenvalue weighted by Gasteiger charge is 2.13. The second-order valence-electron chi connectivity index (χ2n) is 5.41. The molecule has 5 heteroatoms. The summed E-state index contributed by atoms with van der Waals surface area (Å²) in [6.45, 7) is 6.83. The molecule has 0 fully saturated rings. The molecule has 0 spiro atoms. The highest BCUT2D eigenvalue weighted by molar-refractivity contribution is 6.33. The van der Waals surface area contributed by atoms with Crippen molar-refractivity contribution in [1.82, 2.24) is 10.5 Å². The number of nitrogens with zero attached hydrogens (tertiary/aromatic N) is 1. The van der Waals surface area contributed by atoms with Gasteiger partial charge in [0.2, 0.25) is 0 Å². The first-order valence-electron chi connectivity index (χ1n) is 6.01. The summed E-state index contributed by atoms with van der Waals surface area (Å²) >= 11 is 5.98. The monoisotopic (exact) mass is 282 g/mol. The molecule has 1 aromatic heterocycles. The van der Waals surface area contributed by atoms with Crippen molar-refractivity contribution in [3.63, 3.8) is 0 Å². The average molecular weight is 283 g/mol. The van der Waals surface area contributed by atoms with Crippen LogP contribution in [-0.2, 0) is 6.54 Å². The van der Waals surface area contributed by atoms with Gasteiger partial charge in [0.25, 0.3) is 0 Å². The van der Waals surface area contributed by atoms with Crippen LogP contribution in [0.5, 0.6) is 0 Å². The topological polar surface area (TPSA) is 38.1 Å². The summed E-state index contributed by atoms with van der Waals surface area (Å²) in [7, 11) is 0. The highest BCUT2D eigenvalue weighted by atomic mass is 35.5. The van der Waals surface area contributed by atoms with Crippen molar-refractivity contribution in [2.45, 2.75) is 32.9 Å². The first kappa shape index (κ1) is 14.0. The van der Waals surface area contributed by atoms with Gasteiger partial charge in [0.05, 0.1) is 10.7 Å². The Morgan fingerprint density at radius 1 is 1.32 bits per heavy atom. The first-order valence-corrected chi connectivity index (χ1v) is 6.39. The molecule has 0 saturated heterocycles. The Labute approximate surface area is 116 Å². The van der Waals surface area contributed by atoms with Crippen LogP contribution in [0.15, 0.2) is 28.8 Å². The number of nitrogens with one attached hydrogen (secondary N) is 1. The van der Waals surface area contributed by atoms with Gasteiger partial charge in [0, 0.05) is 23.7 Å². The van der Waals surface area contributed by atoms with Crippen molar-refractivity contribution in [1.29, 1.82) is 0 Å². The maximum absolute atomic E-state index is 13.0. The minimum Gasteiger partial charge on any atom is -0.356 e. The Morgan fingerprint density at radius 2 is 2.05 bits per heavy atom. The molecule has 0 saturated carbocycles. The van der Waals surface area contributed by atoms with Gasteiger partial charge in [-0.2, -0.15) is 0 Å². The average Bonchev–Trinajstić information content (AvgIpc) is 2.74. The van der Waals surface area contributed by atoms with E-state index >= 15 is 0 Å². The van der Waals surface area contributed by atoms with Crippen LogP contribution >= 0.6 is 11.6 Å². The van der Waals surface area contributed by atoms with Crippen molar-refractivity contribution in [2.75, 3.05) is 0 Å². The summed E-state index contributed by atoms with van der Waals surface area (Å²) in [5, 5.41) is 7.59. The summed E-state index contributed by atoms with van der Waals surface area (Å²) in [5.74, 6) is 0.165. The summed E-state index contributed by atoms with van der Waals surface area (Å²) in [6.07, 6.45) is 0. The van der Waals surface area contributed by atoms with Gasteiger partial charge < -0.3 is 9.84 Å². The summed E-state index contributed by atoms with van der Waals surface area (Å²) in [5.41, 5.74) is 1.43. The number of halogens is 2. The van der Waals surface area contributed by atoms with E-state index in [2.05, 4.69) is 31.2 Å². The molecule has 102 valence electrons. The molecule has 19 heavy (non-hydrogen) atoms. The van der Waals surface area contributed by atoms with E-state index in [4.69, 9.17) is 16.1 Å². The third-order valence-electron chi connectivity index (χ3n) is 2.56. The fourth-order valence-electron chi connectivity index (χ4n) is 1.57. The Morgan fingerprint density at radius 3 is 2.68 bits per heavy atom. The van der Waals surface area contributed by atoms with Gasteiger partial charge >= 0.3 is 0 Å². The van der Waals surface area contributed by atoms with Crippen LogP contribution in [0.2, 0.25) is 5.02 Å². The molecule has 1 heterocycles. The Bertz CT molecular complexity index is 575. The summed E-state index contributed by atoms with van der Waals surface area (Å²) < 4.78 is 18.2. The van der Waals surface area contributed by atoms with E-state index in [1.165, 1.54) is 12.1 Å². The highest BCUT2D eigenvalue weighted by Crippen LogP contribution is 2.29. The number of rotatable bonds is 3. The van der Waals surface area contributed by atoms with Crippen molar-refractivity contribution in [3.05, 3.63) is 40.8 Å². The lowest BCUT2D eigenvalue weighted by Gasteiger charge is -2.19. The third-order valence-corrected chi connectivity index (χ3v) is 2.87. The molecule has 2 aromatic rings. The van der Waals surface area contributed by atoms with Crippen LogP contribution < -0.4 is 5.32 Å². The van der Waals surface area contributed by atoms with Crippen LogP contribution in [0.3, 0.4) is 0 Å². The SMILES string of the molecule is CC(C)(C)NCc1cc(-c2ccc(F)cc2Cl)on1. The van der Waals surface area contributed by atoms with Crippen LogP contribution in [0.1, 0.15) is 26.5 Å². The molecule has 0 aliphatic carbocycles. The molecule has 0 radical (unpaired) electrons. The van der Waals surface area contributed by atoms with Gasteiger partial charge in [0.1, 0.15) is 5.82 Å².